The smallest absolute Gasteiger partial charge is 0.306 e. The minimum Gasteiger partial charge on any atom is -0.457 e. The largest absolute Gasteiger partial charge is 0.457 e. The molecule has 0 radical (unpaired) electrons. The molecule has 0 bridgehead atoms. The number of unbranched alkanes of at least 4 members (excludes halogenated alkanes) is 21. The first kappa shape index (κ1) is 71.3. The summed E-state index contributed by atoms with van der Waals surface area (Å²) in [6.07, 6.45) is 49.2. The van der Waals surface area contributed by atoms with E-state index < -0.39 is 80.7 Å². The van der Waals surface area contributed by atoms with E-state index in [-0.39, 0.29) is 25.6 Å². The van der Waals surface area contributed by atoms with Gasteiger partial charge in [0.2, 0.25) is 0 Å². The number of allylic oxidation sites excluding steroid dienone is 14. The molecule has 2 saturated heterocycles. The summed E-state index contributed by atoms with van der Waals surface area (Å²) in [7, 11) is 0. The van der Waals surface area contributed by atoms with Crippen molar-refractivity contribution >= 4 is 5.97 Å². The number of rotatable bonds is 49. The standard InChI is InChI=1S/C64H110O14/c1-3-5-7-9-11-13-15-17-19-21-23-24-25-26-27-28-29-31-33-35-37-39-41-43-45-47-56(66)76-53(50-73-48-46-44-42-40-38-36-34-32-30-22-20-18-16-14-12-10-8-6-4-2)51-74-63-62(72)60(70)58(68)55(78-63)52-75-64-61(71)59(69)57(67)54(49-65)77-64/h5,7,11,13-14,16-17,19-20,22-24,26-27,53-55,57-65,67-72H,3-4,6,8-10,12,15,18,21,25,28-52H2,1-2H3/b7-5-,13-11-,16-14-,19-17-,22-20-,24-23-,27-26-. The molecule has 11 atom stereocenters. The van der Waals surface area contributed by atoms with Crippen molar-refractivity contribution in [1.29, 1.82) is 0 Å². The van der Waals surface area contributed by atoms with Crippen LogP contribution in [0.5, 0.6) is 0 Å². The minimum absolute atomic E-state index is 0.0511. The highest BCUT2D eigenvalue weighted by Crippen LogP contribution is 2.27. The molecular weight excluding hydrogens is 993 g/mol. The number of ether oxygens (including phenoxy) is 6. The SMILES string of the molecule is CC/C=C\C/C=C\C/C=C\C/C=C\C/C=C\CCCCCCCCCCCC(=O)OC(COCCCCCCCCCC/C=C\C/C=C\CCCCCC)COC1OC(COC2OC(CO)C(O)C(O)C2O)C(O)C(O)C1O. The number of hydrogen-bond donors (Lipinski definition) is 7. The Hall–Kier alpha value is -2.83. The summed E-state index contributed by atoms with van der Waals surface area (Å²) in [5.41, 5.74) is 0. The Morgan fingerprint density at radius 1 is 0.436 bits per heavy atom. The molecule has 78 heavy (non-hydrogen) atoms. The molecule has 2 rings (SSSR count). The van der Waals surface area contributed by atoms with Crippen LogP contribution in [-0.4, -0.2) is 142 Å². The van der Waals surface area contributed by atoms with Crippen LogP contribution >= 0.6 is 0 Å². The third-order valence-electron chi connectivity index (χ3n) is 14.1. The molecule has 2 fully saturated rings. The van der Waals surface area contributed by atoms with Crippen molar-refractivity contribution in [3.63, 3.8) is 0 Å². The highest BCUT2D eigenvalue weighted by atomic mass is 16.7. The van der Waals surface area contributed by atoms with Gasteiger partial charge in [0.05, 0.1) is 26.4 Å². The van der Waals surface area contributed by atoms with Crippen LogP contribution in [0.4, 0.5) is 0 Å². The predicted molar refractivity (Wildman–Crippen MR) is 312 cm³/mol. The molecule has 0 aromatic rings. The highest BCUT2D eigenvalue weighted by Gasteiger charge is 2.47. The van der Waals surface area contributed by atoms with E-state index in [4.69, 9.17) is 28.4 Å². The normalized spacial score (nSPS) is 24.7. The quantitative estimate of drug-likeness (QED) is 0.0172. The van der Waals surface area contributed by atoms with Crippen molar-refractivity contribution in [3.05, 3.63) is 85.1 Å². The molecule has 0 amide bonds. The summed E-state index contributed by atoms with van der Waals surface area (Å²) in [6, 6.07) is 0. The van der Waals surface area contributed by atoms with E-state index in [1.165, 1.54) is 96.3 Å². The van der Waals surface area contributed by atoms with Crippen molar-refractivity contribution in [2.24, 2.45) is 0 Å². The van der Waals surface area contributed by atoms with Crippen molar-refractivity contribution < 1.29 is 69.0 Å². The third-order valence-corrected chi connectivity index (χ3v) is 14.1. The van der Waals surface area contributed by atoms with Crippen LogP contribution < -0.4 is 0 Å². The average molecular weight is 1100 g/mol. The van der Waals surface area contributed by atoms with E-state index in [1.54, 1.807) is 0 Å². The Bertz CT molecular complexity index is 1610. The Morgan fingerprint density at radius 2 is 0.833 bits per heavy atom. The van der Waals surface area contributed by atoms with E-state index in [1.807, 2.05) is 0 Å². The van der Waals surface area contributed by atoms with E-state index in [2.05, 4.69) is 98.9 Å². The van der Waals surface area contributed by atoms with Gasteiger partial charge in [0.15, 0.2) is 12.6 Å². The molecule has 2 heterocycles. The third kappa shape index (κ3) is 35.8. The van der Waals surface area contributed by atoms with Gasteiger partial charge in [0.25, 0.3) is 0 Å². The zero-order valence-corrected chi connectivity index (χ0v) is 48.4. The summed E-state index contributed by atoms with van der Waals surface area (Å²) in [5, 5.41) is 72.4. The van der Waals surface area contributed by atoms with Crippen LogP contribution in [0.1, 0.15) is 213 Å². The van der Waals surface area contributed by atoms with E-state index in [0.29, 0.717) is 13.0 Å². The van der Waals surface area contributed by atoms with Crippen molar-refractivity contribution in [1.82, 2.24) is 0 Å². The fraction of sp³-hybridized carbons (Fsp3) is 0.766. The predicted octanol–water partition coefficient (Wildman–Crippen LogP) is 11.6. The second kappa shape index (κ2) is 49.9. The van der Waals surface area contributed by atoms with Gasteiger partial charge in [-0.05, 0) is 89.9 Å². The van der Waals surface area contributed by atoms with Crippen molar-refractivity contribution in [3.8, 4) is 0 Å². The van der Waals surface area contributed by atoms with Gasteiger partial charge >= 0.3 is 5.97 Å². The number of aliphatic hydroxyl groups excluding tert-OH is 7. The minimum atomic E-state index is -1.71. The molecule has 0 aromatic carbocycles. The van der Waals surface area contributed by atoms with Crippen LogP contribution in [0.2, 0.25) is 0 Å². The molecule has 2 aliphatic heterocycles. The first-order chi connectivity index (χ1) is 38.1. The fourth-order valence-electron chi connectivity index (χ4n) is 9.22. The first-order valence-corrected chi connectivity index (χ1v) is 30.7. The van der Waals surface area contributed by atoms with E-state index in [9.17, 15) is 40.5 Å². The van der Waals surface area contributed by atoms with Gasteiger partial charge in [0, 0.05) is 13.0 Å². The van der Waals surface area contributed by atoms with Crippen LogP contribution in [0.3, 0.4) is 0 Å². The number of aliphatic hydroxyl groups is 7. The number of hydrogen-bond acceptors (Lipinski definition) is 14. The summed E-state index contributed by atoms with van der Waals surface area (Å²) in [6.45, 7) is 3.54. The monoisotopic (exact) mass is 1100 g/mol. The molecule has 7 N–H and O–H groups in total. The van der Waals surface area contributed by atoms with Crippen LogP contribution in [0.15, 0.2) is 85.1 Å². The van der Waals surface area contributed by atoms with E-state index >= 15 is 0 Å². The molecule has 11 unspecified atom stereocenters. The van der Waals surface area contributed by atoms with Gasteiger partial charge in [-0.2, -0.15) is 0 Å². The lowest BCUT2D eigenvalue weighted by molar-refractivity contribution is -0.332. The van der Waals surface area contributed by atoms with E-state index in [0.717, 1.165) is 89.9 Å². The number of carbonyl (C=O) groups excluding carboxylic acids is 1. The average Bonchev–Trinajstić information content (AvgIpc) is 3.44. The molecule has 0 aromatic heterocycles. The maximum absolute atomic E-state index is 13.1. The topological polar surface area (TPSA) is 214 Å². The zero-order valence-electron chi connectivity index (χ0n) is 48.4. The summed E-state index contributed by atoms with van der Waals surface area (Å²) in [5.74, 6) is -0.386. The van der Waals surface area contributed by atoms with Gasteiger partial charge < -0.3 is 64.2 Å². The van der Waals surface area contributed by atoms with Gasteiger partial charge in [-0.15, -0.1) is 0 Å². The van der Waals surface area contributed by atoms with Crippen LogP contribution in [0.25, 0.3) is 0 Å². The second-order valence-electron chi connectivity index (χ2n) is 21.1. The van der Waals surface area contributed by atoms with Gasteiger partial charge in [-0.3, -0.25) is 4.79 Å². The fourth-order valence-corrected chi connectivity index (χ4v) is 9.22. The summed E-state index contributed by atoms with van der Waals surface area (Å²) in [4.78, 5) is 13.1. The zero-order chi connectivity index (χ0) is 56.5. The lowest BCUT2D eigenvalue weighted by Gasteiger charge is -2.42. The number of esters is 1. The molecule has 2 aliphatic rings. The maximum atomic E-state index is 13.1. The molecule has 0 spiro atoms. The maximum Gasteiger partial charge on any atom is 0.306 e. The second-order valence-corrected chi connectivity index (χ2v) is 21.1. The first-order valence-electron chi connectivity index (χ1n) is 30.7. The van der Waals surface area contributed by atoms with Gasteiger partial charge in [-0.1, -0.05) is 202 Å². The van der Waals surface area contributed by atoms with Gasteiger partial charge in [0.1, 0.15) is 54.9 Å². The van der Waals surface area contributed by atoms with Crippen LogP contribution in [0, 0.1) is 0 Å². The summed E-state index contributed by atoms with van der Waals surface area (Å²) < 4.78 is 34.4. The molecular formula is C64H110O14. The van der Waals surface area contributed by atoms with Gasteiger partial charge in [-0.25, -0.2) is 0 Å². The molecule has 0 saturated carbocycles. The van der Waals surface area contributed by atoms with Crippen molar-refractivity contribution in [2.75, 3.05) is 33.0 Å². The molecule has 0 aliphatic carbocycles. The Morgan fingerprint density at radius 3 is 1.31 bits per heavy atom. The molecule has 14 heteroatoms. The Labute approximate surface area is 471 Å². The van der Waals surface area contributed by atoms with Crippen molar-refractivity contribution in [2.45, 2.75) is 280 Å². The lowest BCUT2D eigenvalue weighted by Crippen LogP contribution is -2.61. The molecule has 14 nitrogen and oxygen atoms in total. The molecule has 450 valence electrons. The highest BCUT2D eigenvalue weighted by molar-refractivity contribution is 5.69. The lowest BCUT2D eigenvalue weighted by atomic mass is 9.98. The summed E-state index contributed by atoms with van der Waals surface area (Å²) >= 11 is 0. The Balaban J connectivity index is 1.70. The van der Waals surface area contributed by atoms with Crippen LogP contribution in [-0.2, 0) is 33.2 Å². The Kier molecular flexibility index (Phi) is 45.6. The number of carbonyl (C=O) groups is 1.